The van der Waals surface area contributed by atoms with Crippen molar-refractivity contribution in [3.05, 3.63) is 147 Å². The summed E-state index contributed by atoms with van der Waals surface area (Å²) in [6.07, 6.45) is 0. The van der Waals surface area contributed by atoms with Crippen molar-refractivity contribution >= 4 is 31.9 Å². The molecule has 9 heteroatoms. The molecule has 6 aromatic rings. The van der Waals surface area contributed by atoms with Gasteiger partial charge in [0.25, 0.3) is 0 Å². The predicted octanol–water partition coefficient (Wildman–Crippen LogP) is 11.9. The molecule has 0 radical (unpaired) electrons. The molecule has 0 spiro atoms. The van der Waals surface area contributed by atoms with E-state index in [4.69, 9.17) is 4.74 Å². The fourth-order valence-electron chi connectivity index (χ4n) is 5.13. The first-order valence-corrected chi connectivity index (χ1v) is 15.7. The van der Waals surface area contributed by atoms with Crippen LogP contribution >= 0.6 is 31.9 Å². The Morgan fingerprint density at radius 1 is 0.468 bits per heavy atom. The van der Waals surface area contributed by atoms with Crippen molar-refractivity contribution in [3.8, 4) is 61.8 Å². The summed E-state index contributed by atoms with van der Waals surface area (Å²) < 4.78 is 63.4. The fourth-order valence-corrected chi connectivity index (χ4v) is 5.85. The molecule has 0 aliphatic rings. The lowest BCUT2D eigenvalue weighted by Crippen LogP contribution is -1.95. The lowest BCUT2D eigenvalue weighted by Gasteiger charge is -2.15. The van der Waals surface area contributed by atoms with E-state index in [1.54, 1.807) is 48.5 Å². The number of rotatable bonds is 5. The average molecular weight is 766 g/mol. The first kappa shape index (κ1) is 33.8. The van der Waals surface area contributed by atoms with Crippen LogP contribution in [0.1, 0.15) is 5.56 Å². The molecule has 0 aliphatic carbocycles. The zero-order valence-electron chi connectivity index (χ0n) is 25.0. The van der Waals surface area contributed by atoms with E-state index in [0.717, 1.165) is 16.1 Å². The zero-order chi connectivity index (χ0) is 33.8. The molecule has 0 saturated carbocycles. The van der Waals surface area contributed by atoms with Gasteiger partial charge in [0.15, 0.2) is 0 Å². The Balaban J connectivity index is 0.000000185. The summed E-state index contributed by atoms with van der Waals surface area (Å²) in [6, 6.07) is 27.5. The van der Waals surface area contributed by atoms with Gasteiger partial charge in [-0.2, -0.15) is 0 Å². The van der Waals surface area contributed by atoms with Crippen molar-refractivity contribution in [2.24, 2.45) is 0 Å². The standard InChI is InChI=1S/C20H15BrF2O.C18H11BrF2O2/c1-12-9-20(24-2)17(16-10-13(21)7-8-19(16)23)11-15(12)14-5-3-4-6-18(14)22;19-10-5-6-16(21)12(7-10)14-8-13(17(22)9-18(14)23)11-3-1-2-4-15(11)20/h3-11H,1-2H3;1-9,22-23H. The third-order valence-corrected chi connectivity index (χ3v) is 8.41. The summed E-state index contributed by atoms with van der Waals surface area (Å²) in [4.78, 5) is 0. The number of aromatic hydroxyl groups is 2. The second-order valence-electron chi connectivity index (χ2n) is 10.5. The number of hydrogen-bond donors (Lipinski definition) is 2. The molecule has 0 fully saturated rings. The number of aryl methyl sites for hydroxylation is 1. The quantitative estimate of drug-likeness (QED) is 0.172. The molecule has 0 heterocycles. The van der Waals surface area contributed by atoms with E-state index in [1.807, 2.05) is 6.92 Å². The lowest BCUT2D eigenvalue weighted by atomic mass is 9.94. The van der Waals surface area contributed by atoms with E-state index >= 15 is 0 Å². The number of benzene rings is 6. The first-order chi connectivity index (χ1) is 22.5. The van der Waals surface area contributed by atoms with Crippen LogP contribution in [0, 0.1) is 30.2 Å². The molecule has 0 amide bonds. The zero-order valence-corrected chi connectivity index (χ0v) is 28.1. The minimum atomic E-state index is -0.534. The number of hydrogen-bond acceptors (Lipinski definition) is 3. The monoisotopic (exact) mass is 764 g/mol. The third kappa shape index (κ3) is 7.37. The van der Waals surface area contributed by atoms with Gasteiger partial charge in [-0.05, 0) is 84.8 Å². The van der Waals surface area contributed by atoms with E-state index in [0.29, 0.717) is 32.5 Å². The van der Waals surface area contributed by atoms with Gasteiger partial charge in [0, 0.05) is 54.0 Å². The first-order valence-electron chi connectivity index (χ1n) is 14.1. The summed E-state index contributed by atoms with van der Waals surface area (Å²) in [5, 5.41) is 20.1. The van der Waals surface area contributed by atoms with E-state index in [-0.39, 0.29) is 45.4 Å². The third-order valence-electron chi connectivity index (χ3n) is 7.43. The normalized spacial score (nSPS) is 10.7. The predicted molar refractivity (Wildman–Crippen MR) is 184 cm³/mol. The Morgan fingerprint density at radius 2 is 0.894 bits per heavy atom. The molecule has 0 unspecified atom stereocenters. The van der Waals surface area contributed by atoms with Gasteiger partial charge < -0.3 is 14.9 Å². The average Bonchev–Trinajstić information content (AvgIpc) is 3.05. The maximum atomic E-state index is 14.3. The number of phenols is 2. The maximum absolute atomic E-state index is 14.3. The molecule has 6 rings (SSSR count). The lowest BCUT2D eigenvalue weighted by molar-refractivity contribution is 0.416. The number of methoxy groups -OCH3 is 1. The summed E-state index contributed by atoms with van der Waals surface area (Å²) in [7, 11) is 1.54. The van der Waals surface area contributed by atoms with Gasteiger partial charge >= 0.3 is 0 Å². The van der Waals surface area contributed by atoms with Crippen LogP contribution in [0.4, 0.5) is 17.6 Å². The molecular formula is C38H26Br2F4O3. The Bertz CT molecular complexity index is 2100. The summed E-state index contributed by atoms with van der Waals surface area (Å²) in [6.45, 7) is 1.88. The van der Waals surface area contributed by atoms with Crippen molar-refractivity contribution < 1.29 is 32.5 Å². The minimum Gasteiger partial charge on any atom is -0.507 e. The molecule has 0 aromatic heterocycles. The van der Waals surface area contributed by atoms with Gasteiger partial charge in [0.2, 0.25) is 0 Å². The summed E-state index contributed by atoms with van der Waals surface area (Å²) >= 11 is 6.61. The summed E-state index contributed by atoms with van der Waals surface area (Å²) in [5.74, 6) is -1.76. The molecule has 0 saturated heterocycles. The maximum Gasteiger partial charge on any atom is 0.131 e. The highest BCUT2D eigenvalue weighted by molar-refractivity contribution is 9.10. The van der Waals surface area contributed by atoms with Crippen molar-refractivity contribution in [1.82, 2.24) is 0 Å². The van der Waals surface area contributed by atoms with Crippen molar-refractivity contribution in [1.29, 1.82) is 0 Å². The van der Waals surface area contributed by atoms with Gasteiger partial charge in [-0.25, -0.2) is 17.6 Å². The van der Waals surface area contributed by atoms with E-state index < -0.39 is 11.6 Å². The van der Waals surface area contributed by atoms with E-state index in [9.17, 15) is 27.8 Å². The van der Waals surface area contributed by atoms with Gasteiger partial charge in [0.05, 0.1) is 7.11 Å². The van der Waals surface area contributed by atoms with Crippen LogP contribution in [-0.4, -0.2) is 17.3 Å². The van der Waals surface area contributed by atoms with Crippen molar-refractivity contribution in [2.75, 3.05) is 7.11 Å². The molecule has 0 bridgehead atoms. The van der Waals surface area contributed by atoms with Crippen LogP contribution in [0.3, 0.4) is 0 Å². The Kier molecular flexibility index (Phi) is 10.4. The fraction of sp³-hybridized carbons (Fsp3) is 0.0526. The molecule has 0 aliphatic heterocycles. The molecule has 6 aromatic carbocycles. The SMILES string of the molecule is COc1cc(C)c(-c2ccccc2F)cc1-c1cc(Br)ccc1F.Oc1cc(O)c(-c2cc(Br)ccc2F)cc1-c1ccccc1F. The van der Waals surface area contributed by atoms with Gasteiger partial charge in [-0.1, -0.05) is 68.3 Å². The van der Waals surface area contributed by atoms with E-state index in [1.165, 1.54) is 61.7 Å². The minimum absolute atomic E-state index is 0.148. The highest BCUT2D eigenvalue weighted by Gasteiger charge is 2.18. The highest BCUT2D eigenvalue weighted by atomic mass is 79.9. The Morgan fingerprint density at radius 3 is 1.40 bits per heavy atom. The van der Waals surface area contributed by atoms with Crippen LogP contribution in [0.15, 0.2) is 118 Å². The largest absolute Gasteiger partial charge is 0.507 e. The molecule has 2 N–H and O–H groups in total. The van der Waals surface area contributed by atoms with Crippen LogP contribution in [0.5, 0.6) is 17.2 Å². The van der Waals surface area contributed by atoms with E-state index in [2.05, 4.69) is 31.9 Å². The van der Waals surface area contributed by atoms with Gasteiger partial charge in [-0.15, -0.1) is 0 Å². The number of ether oxygens (including phenoxy) is 1. The second kappa shape index (κ2) is 14.4. The summed E-state index contributed by atoms with van der Waals surface area (Å²) in [5.41, 5.74) is 3.69. The second-order valence-corrected chi connectivity index (χ2v) is 12.3. The van der Waals surface area contributed by atoms with Gasteiger partial charge in [-0.3, -0.25) is 0 Å². The van der Waals surface area contributed by atoms with Crippen LogP contribution in [0.2, 0.25) is 0 Å². The van der Waals surface area contributed by atoms with Crippen LogP contribution in [-0.2, 0) is 0 Å². The molecule has 238 valence electrons. The molecule has 0 atom stereocenters. The van der Waals surface area contributed by atoms with Crippen LogP contribution < -0.4 is 4.74 Å². The number of phenolic OH excluding ortho intramolecular Hbond substituents is 2. The highest BCUT2D eigenvalue weighted by Crippen LogP contribution is 2.42. The van der Waals surface area contributed by atoms with Gasteiger partial charge in [0.1, 0.15) is 40.5 Å². The van der Waals surface area contributed by atoms with Crippen molar-refractivity contribution in [2.45, 2.75) is 6.92 Å². The Hall–Kier alpha value is -4.60. The van der Waals surface area contributed by atoms with Crippen molar-refractivity contribution in [3.63, 3.8) is 0 Å². The molecular weight excluding hydrogens is 740 g/mol. The molecule has 3 nitrogen and oxygen atoms in total. The smallest absolute Gasteiger partial charge is 0.131 e. The molecule has 47 heavy (non-hydrogen) atoms. The number of halogens is 6. The van der Waals surface area contributed by atoms with Crippen LogP contribution in [0.25, 0.3) is 44.5 Å². The Labute approximate surface area is 286 Å². The topological polar surface area (TPSA) is 49.7 Å².